The highest BCUT2D eigenvalue weighted by Crippen LogP contribution is 2.44. The predicted molar refractivity (Wildman–Crippen MR) is 80.6 cm³/mol. The molecule has 2 aromatic carbocycles. The van der Waals surface area contributed by atoms with Crippen LogP contribution in [0.5, 0.6) is 11.5 Å². The van der Waals surface area contributed by atoms with Crippen LogP contribution in [0.1, 0.15) is 5.56 Å². The van der Waals surface area contributed by atoms with Crippen LogP contribution in [0, 0.1) is 5.82 Å². The van der Waals surface area contributed by atoms with E-state index in [2.05, 4.69) is 0 Å². The van der Waals surface area contributed by atoms with Gasteiger partial charge in [-0.25, -0.2) is 4.39 Å². The Bertz CT molecular complexity index is 690. The maximum absolute atomic E-state index is 13.6. The van der Waals surface area contributed by atoms with Gasteiger partial charge >= 0.3 is 0 Å². The van der Waals surface area contributed by atoms with Crippen molar-refractivity contribution in [2.75, 3.05) is 13.7 Å². The number of ether oxygens (including phenoxy) is 2. The first-order valence-electron chi connectivity index (χ1n) is 6.65. The Morgan fingerprint density at radius 2 is 2.14 bits per heavy atom. The average molecular weight is 308 g/mol. The summed E-state index contributed by atoms with van der Waals surface area (Å²) in [5.74, 6) is 0.937. The van der Waals surface area contributed by atoms with E-state index in [1.165, 1.54) is 12.1 Å². The van der Waals surface area contributed by atoms with E-state index in [-0.39, 0.29) is 11.9 Å². The van der Waals surface area contributed by atoms with E-state index in [1.54, 1.807) is 19.2 Å². The summed E-state index contributed by atoms with van der Waals surface area (Å²) >= 11 is 6.18. The summed E-state index contributed by atoms with van der Waals surface area (Å²) in [4.78, 5) is 0. The van der Waals surface area contributed by atoms with Crippen molar-refractivity contribution in [2.24, 2.45) is 5.73 Å². The molecule has 1 unspecified atom stereocenters. The van der Waals surface area contributed by atoms with Crippen LogP contribution in [0.3, 0.4) is 0 Å². The van der Waals surface area contributed by atoms with Gasteiger partial charge in [-0.05, 0) is 35.9 Å². The van der Waals surface area contributed by atoms with Crippen LogP contribution < -0.4 is 15.2 Å². The summed E-state index contributed by atoms with van der Waals surface area (Å²) in [6.45, 7) is 0.423. The normalized spacial score (nSPS) is 16.5. The molecule has 0 aromatic heterocycles. The minimum absolute atomic E-state index is 0.0724. The maximum atomic E-state index is 13.6. The van der Waals surface area contributed by atoms with Crippen molar-refractivity contribution in [3.63, 3.8) is 0 Å². The third-order valence-electron chi connectivity index (χ3n) is 3.58. The highest BCUT2D eigenvalue weighted by Gasteiger charge is 2.26. The molecule has 2 aromatic rings. The number of hydrogen-bond donors (Lipinski definition) is 1. The zero-order valence-corrected chi connectivity index (χ0v) is 12.3. The number of methoxy groups -OCH3 is 1. The van der Waals surface area contributed by atoms with Crippen molar-refractivity contribution in [1.29, 1.82) is 0 Å². The van der Waals surface area contributed by atoms with E-state index in [4.69, 9.17) is 26.8 Å². The Kier molecular flexibility index (Phi) is 3.74. The standard InChI is InChI=1S/C16H15ClFNO2/c1-20-15-3-2-11(18)7-13(15)14-6-10(17)4-9-5-12(8-19)21-16(9)14/h2-4,6-7,12H,5,8,19H2,1H3. The lowest BCUT2D eigenvalue weighted by Gasteiger charge is -2.14. The van der Waals surface area contributed by atoms with Crippen molar-refractivity contribution in [3.8, 4) is 22.6 Å². The summed E-state index contributed by atoms with van der Waals surface area (Å²) in [5, 5.41) is 0.580. The Labute approximate surface area is 127 Å². The summed E-state index contributed by atoms with van der Waals surface area (Å²) in [6, 6.07) is 7.99. The zero-order chi connectivity index (χ0) is 15.0. The Hall–Kier alpha value is -1.78. The maximum Gasteiger partial charge on any atom is 0.131 e. The molecular weight excluding hydrogens is 293 g/mol. The van der Waals surface area contributed by atoms with E-state index in [0.717, 1.165) is 11.1 Å². The van der Waals surface area contributed by atoms with Gasteiger partial charge in [-0.3, -0.25) is 0 Å². The molecule has 0 saturated heterocycles. The average Bonchev–Trinajstić information content (AvgIpc) is 2.89. The van der Waals surface area contributed by atoms with Gasteiger partial charge in [-0.15, -0.1) is 0 Å². The third kappa shape index (κ3) is 2.57. The molecule has 0 fully saturated rings. The number of nitrogens with two attached hydrogens (primary N) is 1. The van der Waals surface area contributed by atoms with Crippen LogP contribution in [0.2, 0.25) is 5.02 Å². The van der Waals surface area contributed by atoms with E-state index >= 15 is 0 Å². The second-order valence-corrected chi connectivity index (χ2v) is 5.40. The molecule has 0 radical (unpaired) electrons. The third-order valence-corrected chi connectivity index (χ3v) is 3.80. The number of benzene rings is 2. The molecule has 1 aliphatic rings. The largest absolute Gasteiger partial charge is 0.496 e. The van der Waals surface area contributed by atoms with Gasteiger partial charge in [0.05, 0.1) is 7.11 Å². The molecule has 0 spiro atoms. The molecule has 1 atom stereocenters. The first-order chi connectivity index (χ1) is 10.1. The van der Waals surface area contributed by atoms with Crippen LogP contribution in [0.4, 0.5) is 4.39 Å². The predicted octanol–water partition coefficient (Wildman–Crippen LogP) is 3.42. The van der Waals surface area contributed by atoms with Gasteiger partial charge in [0.25, 0.3) is 0 Å². The second kappa shape index (κ2) is 5.54. The molecule has 5 heteroatoms. The monoisotopic (exact) mass is 307 g/mol. The molecule has 0 aliphatic carbocycles. The zero-order valence-electron chi connectivity index (χ0n) is 11.5. The van der Waals surface area contributed by atoms with E-state index in [9.17, 15) is 4.39 Å². The molecule has 110 valence electrons. The molecule has 0 amide bonds. The lowest BCUT2D eigenvalue weighted by molar-refractivity contribution is 0.242. The van der Waals surface area contributed by atoms with Crippen molar-refractivity contribution < 1.29 is 13.9 Å². The van der Waals surface area contributed by atoms with Gasteiger partial charge in [0, 0.05) is 29.1 Å². The molecule has 1 aliphatic heterocycles. The van der Waals surface area contributed by atoms with Gasteiger partial charge in [-0.1, -0.05) is 11.6 Å². The van der Waals surface area contributed by atoms with Crippen LogP contribution in [0.25, 0.3) is 11.1 Å². The highest BCUT2D eigenvalue weighted by molar-refractivity contribution is 6.31. The van der Waals surface area contributed by atoms with Gasteiger partial charge in [-0.2, -0.15) is 0 Å². The van der Waals surface area contributed by atoms with E-state index in [1.807, 2.05) is 6.07 Å². The molecule has 3 rings (SSSR count). The minimum atomic E-state index is -0.340. The van der Waals surface area contributed by atoms with Crippen molar-refractivity contribution >= 4 is 11.6 Å². The molecule has 21 heavy (non-hydrogen) atoms. The van der Waals surface area contributed by atoms with Crippen molar-refractivity contribution in [3.05, 3.63) is 46.7 Å². The van der Waals surface area contributed by atoms with Gasteiger partial charge in [0.2, 0.25) is 0 Å². The summed E-state index contributed by atoms with van der Waals surface area (Å²) < 4.78 is 24.8. The number of halogens is 2. The fourth-order valence-electron chi connectivity index (χ4n) is 2.62. The van der Waals surface area contributed by atoms with Crippen molar-refractivity contribution in [2.45, 2.75) is 12.5 Å². The van der Waals surface area contributed by atoms with Crippen LogP contribution in [-0.2, 0) is 6.42 Å². The topological polar surface area (TPSA) is 44.5 Å². The fourth-order valence-corrected chi connectivity index (χ4v) is 2.86. The van der Waals surface area contributed by atoms with Gasteiger partial charge in [0.1, 0.15) is 23.4 Å². The summed E-state index contributed by atoms with van der Waals surface area (Å²) in [7, 11) is 1.55. The quantitative estimate of drug-likeness (QED) is 0.945. The summed E-state index contributed by atoms with van der Waals surface area (Å²) in [5.41, 5.74) is 8.01. The van der Waals surface area contributed by atoms with Crippen LogP contribution in [0.15, 0.2) is 30.3 Å². The molecule has 0 saturated carbocycles. The Morgan fingerprint density at radius 1 is 1.33 bits per heavy atom. The fraction of sp³-hybridized carbons (Fsp3) is 0.250. The van der Waals surface area contributed by atoms with E-state index in [0.29, 0.717) is 35.1 Å². The van der Waals surface area contributed by atoms with Crippen LogP contribution in [-0.4, -0.2) is 19.8 Å². The first-order valence-corrected chi connectivity index (χ1v) is 7.03. The molecule has 0 bridgehead atoms. The number of rotatable bonds is 3. The lowest BCUT2D eigenvalue weighted by atomic mass is 9.99. The highest BCUT2D eigenvalue weighted by atomic mass is 35.5. The Balaban J connectivity index is 2.18. The number of hydrogen-bond acceptors (Lipinski definition) is 3. The number of fused-ring (bicyclic) bond motifs is 1. The lowest BCUT2D eigenvalue weighted by Crippen LogP contribution is -2.24. The second-order valence-electron chi connectivity index (χ2n) is 4.97. The molecule has 2 N–H and O–H groups in total. The van der Waals surface area contributed by atoms with Crippen molar-refractivity contribution in [1.82, 2.24) is 0 Å². The minimum Gasteiger partial charge on any atom is -0.496 e. The van der Waals surface area contributed by atoms with Crippen LogP contribution >= 0.6 is 11.6 Å². The smallest absolute Gasteiger partial charge is 0.131 e. The van der Waals surface area contributed by atoms with E-state index < -0.39 is 0 Å². The van der Waals surface area contributed by atoms with Gasteiger partial charge < -0.3 is 15.2 Å². The molecule has 1 heterocycles. The first kappa shape index (κ1) is 14.2. The molecule has 3 nitrogen and oxygen atoms in total. The summed E-state index contributed by atoms with van der Waals surface area (Å²) in [6.07, 6.45) is 0.633. The Morgan fingerprint density at radius 3 is 2.86 bits per heavy atom. The SMILES string of the molecule is COc1ccc(F)cc1-c1cc(Cl)cc2c1OC(CN)C2. The van der Waals surface area contributed by atoms with Gasteiger partial charge in [0.15, 0.2) is 0 Å². The molecular formula is C16H15ClFNO2.